The summed E-state index contributed by atoms with van der Waals surface area (Å²) in [4.78, 5) is 81.3. The van der Waals surface area contributed by atoms with Crippen molar-refractivity contribution in [2.45, 2.75) is 135 Å². The fourth-order valence-corrected chi connectivity index (χ4v) is 7.18. The SMILES string of the molecule is CCCCCCCCCCCCCCCCN(CCC(=O)NCCN(CCC(=O)NCCN)CCC(=O)NCCN)CCC(=O)NCCN(CCC(=O)NCCN)CCC(=O)NCCN. The number of hydrogen-bond acceptors (Lipinski definition) is 13. The van der Waals surface area contributed by atoms with Gasteiger partial charge in [-0.3, -0.25) is 28.8 Å². The van der Waals surface area contributed by atoms with E-state index >= 15 is 0 Å². The van der Waals surface area contributed by atoms with Gasteiger partial charge >= 0.3 is 0 Å². The predicted molar refractivity (Wildman–Crippen MR) is 262 cm³/mol. The van der Waals surface area contributed by atoms with Crippen LogP contribution < -0.4 is 54.8 Å². The second-order valence-electron chi connectivity index (χ2n) is 16.9. The molecule has 19 nitrogen and oxygen atoms in total. The molecule has 0 aromatic carbocycles. The zero-order valence-corrected chi connectivity index (χ0v) is 40.7. The largest absolute Gasteiger partial charge is 0.355 e. The van der Waals surface area contributed by atoms with E-state index in [4.69, 9.17) is 22.9 Å². The smallest absolute Gasteiger partial charge is 0.221 e. The zero-order chi connectivity index (χ0) is 48.0. The Bertz CT molecular complexity index is 1100. The van der Waals surface area contributed by atoms with E-state index in [1.54, 1.807) is 0 Å². The quantitative estimate of drug-likeness (QED) is 0.0367. The molecule has 65 heavy (non-hydrogen) atoms. The minimum Gasteiger partial charge on any atom is -0.355 e. The molecule has 0 aromatic rings. The van der Waals surface area contributed by atoms with Crippen molar-refractivity contribution in [1.82, 2.24) is 46.6 Å². The maximum absolute atomic E-state index is 13.1. The summed E-state index contributed by atoms with van der Waals surface area (Å²) in [5, 5.41) is 17.1. The standard InChI is InChI=1S/C46H95N13O6/c1-2-3-4-5-6-7-8-9-10-11-12-13-14-15-32-57(33-16-45(64)55-30-39-58(35-18-41(60)51-26-22-47)36-19-42(61)52-27-23-48)34-17-46(65)56-31-40-59(37-20-43(62)53-28-24-49)38-21-44(63)54-29-25-50/h2-40,47-50H2,1H3,(H,51,60)(H,52,61)(H,53,62)(H,54,63)(H,55,64)(H,56,65). The summed E-state index contributed by atoms with van der Waals surface area (Å²) in [6.07, 6.45) is 19.3. The topological polar surface area (TPSA) is 288 Å². The Morgan fingerprint density at radius 1 is 0.292 bits per heavy atom. The lowest BCUT2D eigenvalue weighted by Gasteiger charge is -2.24. The molecule has 0 aliphatic heterocycles. The Morgan fingerprint density at radius 3 is 0.754 bits per heavy atom. The minimum absolute atomic E-state index is 0.102. The van der Waals surface area contributed by atoms with Crippen molar-refractivity contribution in [2.24, 2.45) is 22.9 Å². The van der Waals surface area contributed by atoms with Crippen molar-refractivity contribution in [2.75, 3.05) is 124 Å². The molecule has 0 unspecified atom stereocenters. The van der Waals surface area contributed by atoms with Gasteiger partial charge in [0.25, 0.3) is 0 Å². The third kappa shape index (κ3) is 41.7. The van der Waals surface area contributed by atoms with E-state index in [1.807, 2.05) is 9.80 Å². The normalized spacial score (nSPS) is 11.3. The highest BCUT2D eigenvalue weighted by molar-refractivity contribution is 5.78. The van der Waals surface area contributed by atoms with Gasteiger partial charge in [0, 0.05) is 156 Å². The van der Waals surface area contributed by atoms with E-state index in [-0.39, 0.29) is 74.0 Å². The van der Waals surface area contributed by atoms with E-state index in [0.29, 0.717) is 118 Å². The fourth-order valence-electron chi connectivity index (χ4n) is 7.18. The van der Waals surface area contributed by atoms with Gasteiger partial charge in [-0.2, -0.15) is 0 Å². The molecular weight excluding hydrogens is 831 g/mol. The molecule has 0 aromatic heterocycles. The lowest BCUT2D eigenvalue weighted by Crippen LogP contribution is -2.41. The third-order valence-electron chi connectivity index (χ3n) is 11.1. The number of amides is 6. The van der Waals surface area contributed by atoms with E-state index in [9.17, 15) is 28.8 Å². The molecule has 0 bridgehead atoms. The van der Waals surface area contributed by atoms with Crippen LogP contribution in [-0.2, 0) is 28.8 Å². The first-order chi connectivity index (χ1) is 31.6. The number of nitrogens with zero attached hydrogens (tertiary/aromatic N) is 3. The Morgan fingerprint density at radius 2 is 0.508 bits per heavy atom. The van der Waals surface area contributed by atoms with Crippen molar-refractivity contribution >= 4 is 35.4 Å². The lowest BCUT2D eigenvalue weighted by molar-refractivity contribution is -0.123. The number of unbranched alkanes of at least 4 members (excludes halogenated alkanes) is 13. The third-order valence-corrected chi connectivity index (χ3v) is 11.1. The predicted octanol–water partition coefficient (Wildman–Crippen LogP) is 0.246. The van der Waals surface area contributed by atoms with Crippen molar-refractivity contribution in [1.29, 1.82) is 0 Å². The molecule has 0 saturated heterocycles. The van der Waals surface area contributed by atoms with Crippen molar-refractivity contribution in [3.63, 3.8) is 0 Å². The molecule has 0 fully saturated rings. The highest BCUT2D eigenvalue weighted by Gasteiger charge is 2.15. The first-order valence-corrected chi connectivity index (χ1v) is 25.2. The zero-order valence-electron chi connectivity index (χ0n) is 40.7. The molecule has 0 spiro atoms. The molecule has 380 valence electrons. The summed E-state index contributed by atoms with van der Waals surface area (Å²) in [6.45, 7) is 10.5. The Balaban J connectivity index is 5.18. The number of nitrogens with one attached hydrogen (secondary N) is 6. The maximum atomic E-state index is 13.1. The van der Waals surface area contributed by atoms with Crippen LogP contribution in [0.2, 0.25) is 0 Å². The van der Waals surface area contributed by atoms with Crippen LogP contribution in [0.5, 0.6) is 0 Å². The van der Waals surface area contributed by atoms with Crippen LogP contribution in [0.25, 0.3) is 0 Å². The number of carbonyl (C=O) groups is 6. The maximum Gasteiger partial charge on any atom is 0.221 e. The van der Waals surface area contributed by atoms with Gasteiger partial charge in [0.1, 0.15) is 0 Å². The van der Waals surface area contributed by atoms with Crippen molar-refractivity contribution in [3.05, 3.63) is 0 Å². The molecule has 19 heteroatoms. The first kappa shape index (κ1) is 61.5. The van der Waals surface area contributed by atoms with Gasteiger partial charge in [-0.1, -0.05) is 90.4 Å². The van der Waals surface area contributed by atoms with E-state index in [2.05, 4.69) is 43.7 Å². The van der Waals surface area contributed by atoms with Crippen LogP contribution in [0.15, 0.2) is 0 Å². The highest BCUT2D eigenvalue weighted by Crippen LogP contribution is 2.13. The van der Waals surface area contributed by atoms with Gasteiger partial charge in [-0.15, -0.1) is 0 Å². The van der Waals surface area contributed by atoms with Gasteiger partial charge in [0.05, 0.1) is 0 Å². The fraction of sp³-hybridized carbons (Fsp3) is 0.870. The highest BCUT2D eigenvalue weighted by atomic mass is 16.2. The molecule has 6 amide bonds. The summed E-state index contributed by atoms with van der Waals surface area (Å²) >= 11 is 0. The second-order valence-corrected chi connectivity index (χ2v) is 16.9. The van der Waals surface area contributed by atoms with Crippen molar-refractivity contribution < 1.29 is 28.8 Å². The monoisotopic (exact) mass is 926 g/mol. The lowest BCUT2D eigenvalue weighted by atomic mass is 10.0. The van der Waals surface area contributed by atoms with Crippen molar-refractivity contribution in [3.8, 4) is 0 Å². The Labute approximate surface area is 392 Å². The molecule has 0 aliphatic carbocycles. The Kier molecular flexibility index (Phi) is 43.3. The molecule has 0 rings (SSSR count). The summed E-state index contributed by atoms with van der Waals surface area (Å²) in [6, 6.07) is 0. The van der Waals surface area contributed by atoms with Gasteiger partial charge in [-0.25, -0.2) is 0 Å². The van der Waals surface area contributed by atoms with Crippen LogP contribution in [0.3, 0.4) is 0 Å². The molecule has 0 aliphatic rings. The summed E-state index contributed by atoms with van der Waals surface area (Å²) in [5.74, 6) is -0.677. The summed E-state index contributed by atoms with van der Waals surface area (Å²) in [7, 11) is 0. The first-order valence-electron chi connectivity index (χ1n) is 25.2. The minimum atomic E-state index is -0.119. The van der Waals surface area contributed by atoms with E-state index in [1.165, 1.54) is 77.0 Å². The van der Waals surface area contributed by atoms with Gasteiger partial charge in [0.2, 0.25) is 35.4 Å². The van der Waals surface area contributed by atoms with Crippen LogP contribution in [0.1, 0.15) is 135 Å². The van der Waals surface area contributed by atoms with Crippen LogP contribution >= 0.6 is 0 Å². The molecule has 14 N–H and O–H groups in total. The molecular formula is C46H95N13O6. The summed E-state index contributed by atoms with van der Waals surface area (Å²) in [5.41, 5.74) is 22.0. The second kappa shape index (κ2) is 45.7. The number of hydrogen-bond donors (Lipinski definition) is 10. The van der Waals surface area contributed by atoms with Gasteiger partial charge < -0.3 is 69.5 Å². The average molecular weight is 926 g/mol. The molecule has 0 heterocycles. The molecule has 0 atom stereocenters. The summed E-state index contributed by atoms with van der Waals surface area (Å²) < 4.78 is 0. The van der Waals surface area contributed by atoms with Gasteiger partial charge in [0.15, 0.2) is 0 Å². The number of rotatable bonds is 47. The van der Waals surface area contributed by atoms with Crippen LogP contribution in [0, 0.1) is 0 Å². The van der Waals surface area contributed by atoms with E-state index < -0.39 is 0 Å². The van der Waals surface area contributed by atoms with Crippen LogP contribution in [-0.4, -0.2) is 174 Å². The molecule has 0 saturated carbocycles. The average Bonchev–Trinajstić information content (AvgIpc) is 3.30. The molecule has 0 radical (unpaired) electrons. The van der Waals surface area contributed by atoms with E-state index in [0.717, 1.165) is 19.4 Å². The van der Waals surface area contributed by atoms with Crippen LogP contribution in [0.4, 0.5) is 0 Å². The number of nitrogens with two attached hydrogens (primary N) is 4. The van der Waals surface area contributed by atoms with Gasteiger partial charge in [-0.05, 0) is 13.0 Å². The Hall–Kier alpha value is -3.46. The number of carbonyl (C=O) groups excluding carboxylic acids is 6.